The van der Waals surface area contributed by atoms with Crippen molar-refractivity contribution in [3.05, 3.63) is 54.0 Å². The number of furan rings is 1. The van der Waals surface area contributed by atoms with Crippen molar-refractivity contribution in [2.24, 2.45) is 5.92 Å². The SMILES string of the molecule is COc1cccc(CN2C[C@@H](OCC3CC3)CN(C(=O)c3ccoc3)CC2=O)c1. The van der Waals surface area contributed by atoms with Crippen LogP contribution < -0.4 is 4.74 Å². The standard InChI is InChI=1S/C22H26N2O5/c1-27-19-4-2-3-17(9-19)10-23-11-20(29-14-16-5-6-16)12-24(13-21(23)25)22(26)18-7-8-28-15-18/h2-4,7-9,15-16,20H,5-6,10-14H2,1H3/t20-/m1/s1. The number of amides is 2. The average molecular weight is 398 g/mol. The van der Waals surface area contributed by atoms with E-state index in [0.29, 0.717) is 37.7 Å². The predicted molar refractivity (Wildman–Crippen MR) is 105 cm³/mol. The summed E-state index contributed by atoms with van der Waals surface area (Å²) < 4.78 is 16.4. The quantitative estimate of drug-likeness (QED) is 0.717. The van der Waals surface area contributed by atoms with E-state index >= 15 is 0 Å². The number of hydrogen-bond acceptors (Lipinski definition) is 5. The van der Waals surface area contributed by atoms with Gasteiger partial charge in [0.25, 0.3) is 5.91 Å². The second-order valence-corrected chi connectivity index (χ2v) is 7.72. The molecule has 0 bridgehead atoms. The number of hydrogen-bond donors (Lipinski definition) is 0. The molecule has 1 aromatic carbocycles. The van der Waals surface area contributed by atoms with E-state index in [1.54, 1.807) is 23.0 Å². The van der Waals surface area contributed by atoms with Gasteiger partial charge in [-0.1, -0.05) is 12.1 Å². The molecule has 29 heavy (non-hydrogen) atoms. The van der Waals surface area contributed by atoms with E-state index in [0.717, 1.165) is 11.3 Å². The molecule has 2 aromatic rings. The summed E-state index contributed by atoms with van der Waals surface area (Å²) in [5.41, 5.74) is 1.42. The van der Waals surface area contributed by atoms with Crippen LogP contribution in [0.4, 0.5) is 0 Å². The Morgan fingerprint density at radius 2 is 2.10 bits per heavy atom. The Balaban J connectivity index is 1.50. The summed E-state index contributed by atoms with van der Waals surface area (Å²) in [6.45, 7) is 2.00. The normalized spacial score (nSPS) is 19.9. The first-order chi connectivity index (χ1) is 14.1. The van der Waals surface area contributed by atoms with E-state index < -0.39 is 0 Å². The molecule has 7 nitrogen and oxygen atoms in total. The summed E-state index contributed by atoms with van der Waals surface area (Å²) in [5.74, 6) is 1.06. The fourth-order valence-electron chi connectivity index (χ4n) is 3.51. The first-order valence-corrected chi connectivity index (χ1v) is 9.96. The largest absolute Gasteiger partial charge is 0.497 e. The van der Waals surface area contributed by atoms with Crippen molar-refractivity contribution < 1.29 is 23.5 Å². The van der Waals surface area contributed by atoms with E-state index in [1.807, 2.05) is 24.3 Å². The number of rotatable bonds is 7. The molecule has 1 aliphatic heterocycles. The number of benzene rings is 1. The van der Waals surface area contributed by atoms with Crippen LogP contribution in [0.2, 0.25) is 0 Å². The molecule has 2 aliphatic rings. The predicted octanol–water partition coefficient (Wildman–Crippen LogP) is 2.57. The van der Waals surface area contributed by atoms with Crippen LogP contribution in [0.1, 0.15) is 28.8 Å². The number of methoxy groups -OCH3 is 1. The van der Waals surface area contributed by atoms with Gasteiger partial charge in [-0.2, -0.15) is 0 Å². The van der Waals surface area contributed by atoms with Crippen LogP contribution in [0.5, 0.6) is 5.75 Å². The van der Waals surface area contributed by atoms with Gasteiger partial charge in [0, 0.05) is 26.2 Å². The minimum atomic E-state index is -0.219. The van der Waals surface area contributed by atoms with Crippen molar-refractivity contribution >= 4 is 11.8 Å². The summed E-state index contributed by atoms with van der Waals surface area (Å²) >= 11 is 0. The smallest absolute Gasteiger partial charge is 0.257 e. The maximum Gasteiger partial charge on any atom is 0.257 e. The lowest BCUT2D eigenvalue weighted by Gasteiger charge is -2.25. The first kappa shape index (κ1) is 19.5. The van der Waals surface area contributed by atoms with E-state index in [-0.39, 0.29) is 24.5 Å². The third kappa shape index (κ3) is 4.98. The molecule has 0 unspecified atom stereocenters. The lowest BCUT2D eigenvalue weighted by molar-refractivity contribution is -0.132. The van der Waals surface area contributed by atoms with Crippen molar-refractivity contribution in [1.29, 1.82) is 0 Å². The highest BCUT2D eigenvalue weighted by Crippen LogP contribution is 2.29. The molecule has 1 saturated carbocycles. The molecule has 2 amide bonds. The molecular weight excluding hydrogens is 372 g/mol. The Morgan fingerprint density at radius 3 is 2.83 bits per heavy atom. The molecule has 1 saturated heterocycles. The zero-order chi connectivity index (χ0) is 20.2. The highest BCUT2D eigenvalue weighted by atomic mass is 16.5. The zero-order valence-corrected chi connectivity index (χ0v) is 16.6. The average Bonchev–Trinajstić information content (AvgIpc) is 3.43. The molecule has 1 aromatic heterocycles. The molecule has 4 rings (SSSR count). The molecule has 2 heterocycles. The fourth-order valence-corrected chi connectivity index (χ4v) is 3.51. The first-order valence-electron chi connectivity index (χ1n) is 9.96. The van der Waals surface area contributed by atoms with Crippen LogP contribution in [-0.2, 0) is 16.1 Å². The van der Waals surface area contributed by atoms with Crippen LogP contribution in [0.3, 0.4) is 0 Å². The topological polar surface area (TPSA) is 72.2 Å². The van der Waals surface area contributed by atoms with Gasteiger partial charge in [-0.25, -0.2) is 0 Å². The minimum absolute atomic E-state index is 0.0251. The lowest BCUT2D eigenvalue weighted by atomic mass is 10.2. The third-order valence-corrected chi connectivity index (χ3v) is 5.35. The van der Waals surface area contributed by atoms with Crippen LogP contribution in [0.25, 0.3) is 0 Å². The van der Waals surface area contributed by atoms with Crippen molar-refractivity contribution in [2.75, 3.05) is 33.4 Å². The number of ether oxygens (including phenoxy) is 2. The summed E-state index contributed by atoms with van der Waals surface area (Å²) in [5, 5.41) is 0. The van der Waals surface area contributed by atoms with Crippen LogP contribution >= 0.6 is 0 Å². The van der Waals surface area contributed by atoms with Gasteiger partial charge >= 0.3 is 0 Å². The zero-order valence-electron chi connectivity index (χ0n) is 16.6. The minimum Gasteiger partial charge on any atom is -0.497 e. The fraction of sp³-hybridized carbons (Fsp3) is 0.455. The van der Waals surface area contributed by atoms with E-state index in [1.165, 1.54) is 25.4 Å². The summed E-state index contributed by atoms with van der Waals surface area (Å²) in [6, 6.07) is 9.29. The Morgan fingerprint density at radius 1 is 1.24 bits per heavy atom. The second kappa shape index (κ2) is 8.69. The highest BCUT2D eigenvalue weighted by molar-refractivity contribution is 5.96. The Labute approximate surface area is 170 Å². The molecule has 154 valence electrons. The van der Waals surface area contributed by atoms with Crippen LogP contribution in [0, 0.1) is 5.92 Å². The summed E-state index contributed by atoms with van der Waals surface area (Å²) in [4.78, 5) is 29.1. The maximum absolute atomic E-state index is 13.0. The molecule has 0 radical (unpaired) electrons. The highest BCUT2D eigenvalue weighted by Gasteiger charge is 2.33. The van der Waals surface area contributed by atoms with Crippen molar-refractivity contribution in [2.45, 2.75) is 25.5 Å². The Hall–Kier alpha value is -2.80. The van der Waals surface area contributed by atoms with Gasteiger partial charge in [0.15, 0.2) is 0 Å². The van der Waals surface area contributed by atoms with Gasteiger partial charge in [-0.3, -0.25) is 9.59 Å². The van der Waals surface area contributed by atoms with Gasteiger partial charge in [0.2, 0.25) is 5.91 Å². The molecule has 1 atom stereocenters. The van der Waals surface area contributed by atoms with Crippen molar-refractivity contribution in [3.63, 3.8) is 0 Å². The molecule has 0 N–H and O–H groups in total. The number of nitrogens with zero attached hydrogens (tertiary/aromatic N) is 2. The molecular formula is C22H26N2O5. The third-order valence-electron chi connectivity index (χ3n) is 5.35. The maximum atomic E-state index is 13.0. The number of carbonyl (C=O) groups excluding carboxylic acids is 2. The van der Waals surface area contributed by atoms with Gasteiger partial charge < -0.3 is 23.7 Å². The molecule has 1 aliphatic carbocycles. The van der Waals surface area contributed by atoms with Crippen molar-refractivity contribution in [3.8, 4) is 5.75 Å². The lowest BCUT2D eigenvalue weighted by Crippen LogP contribution is -2.39. The summed E-state index contributed by atoms with van der Waals surface area (Å²) in [7, 11) is 1.62. The Bertz CT molecular complexity index is 847. The molecule has 7 heteroatoms. The van der Waals surface area contributed by atoms with E-state index in [4.69, 9.17) is 13.9 Å². The monoisotopic (exact) mass is 398 g/mol. The number of carbonyl (C=O) groups is 2. The summed E-state index contributed by atoms with van der Waals surface area (Å²) in [6.07, 6.45) is 5.03. The second-order valence-electron chi connectivity index (χ2n) is 7.72. The van der Waals surface area contributed by atoms with Gasteiger partial charge in [0.1, 0.15) is 18.6 Å². The Kier molecular flexibility index (Phi) is 5.85. The van der Waals surface area contributed by atoms with Gasteiger partial charge in [-0.05, 0) is 42.5 Å². The van der Waals surface area contributed by atoms with E-state index in [2.05, 4.69) is 0 Å². The molecule has 0 spiro atoms. The van der Waals surface area contributed by atoms with E-state index in [9.17, 15) is 9.59 Å². The van der Waals surface area contributed by atoms with Crippen LogP contribution in [-0.4, -0.2) is 61.1 Å². The van der Waals surface area contributed by atoms with Crippen molar-refractivity contribution in [1.82, 2.24) is 9.80 Å². The van der Waals surface area contributed by atoms with Gasteiger partial charge in [-0.15, -0.1) is 0 Å². The molecule has 2 fully saturated rings. The van der Waals surface area contributed by atoms with Crippen LogP contribution in [0.15, 0.2) is 47.3 Å². The van der Waals surface area contributed by atoms with Gasteiger partial charge in [0.05, 0.1) is 25.0 Å².